The second-order valence-electron chi connectivity index (χ2n) is 5.24. The first-order chi connectivity index (χ1) is 9.24. The monoisotopic (exact) mass is 253 g/mol. The molecule has 3 heteroatoms. The summed E-state index contributed by atoms with van der Waals surface area (Å²) >= 11 is 0. The molecule has 1 fully saturated rings. The number of hydrogen-bond donors (Lipinski definition) is 1. The van der Waals surface area contributed by atoms with Gasteiger partial charge >= 0.3 is 0 Å². The summed E-state index contributed by atoms with van der Waals surface area (Å²) in [6.45, 7) is 4.14. The van der Waals surface area contributed by atoms with Crippen LogP contribution in [-0.2, 0) is 0 Å². The highest BCUT2D eigenvalue weighted by Crippen LogP contribution is 2.30. The molecule has 2 heterocycles. The molecule has 1 atom stereocenters. The van der Waals surface area contributed by atoms with Crippen LogP contribution in [0.15, 0.2) is 42.6 Å². The Morgan fingerprint density at radius 1 is 1.26 bits per heavy atom. The highest BCUT2D eigenvalue weighted by atomic mass is 15.2. The van der Waals surface area contributed by atoms with Crippen molar-refractivity contribution in [2.75, 3.05) is 23.7 Å². The predicted molar refractivity (Wildman–Crippen MR) is 79.4 cm³/mol. The Hall–Kier alpha value is -2.03. The van der Waals surface area contributed by atoms with E-state index in [-0.39, 0.29) is 0 Å². The van der Waals surface area contributed by atoms with Crippen molar-refractivity contribution in [2.45, 2.75) is 19.3 Å². The van der Waals surface area contributed by atoms with Gasteiger partial charge in [0, 0.05) is 19.0 Å². The van der Waals surface area contributed by atoms with Gasteiger partial charge in [-0.1, -0.05) is 30.3 Å². The third kappa shape index (κ3) is 2.41. The first kappa shape index (κ1) is 12.0. The van der Waals surface area contributed by atoms with E-state index in [2.05, 4.69) is 46.3 Å². The number of aromatic nitrogens is 1. The molecule has 0 amide bonds. The molecule has 1 saturated heterocycles. The molecule has 3 rings (SSSR count). The summed E-state index contributed by atoms with van der Waals surface area (Å²) in [6, 6.07) is 12.8. The summed E-state index contributed by atoms with van der Waals surface area (Å²) in [4.78, 5) is 6.80. The van der Waals surface area contributed by atoms with E-state index in [0.717, 1.165) is 30.2 Å². The smallest absolute Gasteiger partial charge is 0.128 e. The number of nitrogens with two attached hydrogens (primary N) is 1. The number of nitrogen functional groups attached to an aromatic ring is 1. The molecule has 98 valence electrons. The highest BCUT2D eigenvalue weighted by molar-refractivity contribution is 5.53. The van der Waals surface area contributed by atoms with Crippen molar-refractivity contribution in [3.63, 3.8) is 0 Å². The van der Waals surface area contributed by atoms with Crippen molar-refractivity contribution >= 4 is 11.5 Å². The fourth-order valence-electron chi connectivity index (χ4n) is 2.69. The fourth-order valence-corrected chi connectivity index (χ4v) is 2.69. The van der Waals surface area contributed by atoms with Crippen LogP contribution in [-0.4, -0.2) is 18.1 Å². The van der Waals surface area contributed by atoms with Crippen LogP contribution in [0.4, 0.5) is 11.5 Å². The second-order valence-corrected chi connectivity index (χ2v) is 5.24. The van der Waals surface area contributed by atoms with E-state index in [4.69, 9.17) is 5.73 Å². The van der Waals surface area contributed by atoms with E-state index in [1.54, 1.807) is 6.20 Å². The molecule has 1 aromatic carbocycles. The third-order valence-corrected chi connectivity index (χ3v) is 3.92. The molecule has 0 spiro atoms. The van der Waals surface area contributed by atoms with Gasteiger partial charge in [0.25, 0.3) is 0 Å². The predicted octanol–water partition coefficient (Wildman–Crippen LogP) is 2.97. The maximum atomic E-state index is 5.82. The third-order valence-electron chi connectivity index (χ3n) is 3.92. The molecular weight excluding hydrogens is 234 g/mol. The SMILES string of the molecule is Cc1cc(N2CCC(c3ccccc3)C2)ncc1N. The highest BCUT2D eigenvalue weighted by Gasteiger charge is 2.24. The van der Waals surface area contributed by atoms with Gasteiger partial charge in [0.05, 0.1) is 11.9 Å². The van der Waals surface area contributed by atoms with E-state index < -0.39 is 0 Å². The molecule has 1 aliphatic rings. The molecule has 2 N–H and O–H groups in total. The van der Waals surface area contributed by atoms with Gasteiger partial charge in [0.1, 0.15) is 5.82 Å². The number of aryl methyl sites for hydroxylation is 1. The minimum Gasteiger partial charge on any atom is -0.397 e. The Morgan fingerprint density at radius 3 is 2.79 bits per heavy atom. The maximum Gasteiger partial charge on any atom is 0.128 e. The molecule has 0 saturated carbocycles. The number of nitrogens with zero attached hydrogens (tertiary/aromatic N) is 2. The summed E-state index contributed by atoms with van der Waals surface area (Å²) in [5, 5.41) is 0. The Bertz CT molecular complexity index is 565. The first-order valence-electron chi connectivity index (χ1n) is 6.76. The van der Waals surface area contributed by atoms with Crippen molar-refractivity contribution in [3.8, 4) is 0 Å². The summed E-state index contributed by atoms with van der Waals surface area (Å²) in [5.74, 6) is 1.66. The molecule has 0 radical (unpaired) electrons. The summed E-state index contributed by atoms with van der Waals surface area (Å²) < 4.78 is 0. The Balaban J connectivity index is 1.77. The molecule has 0 bridgehead atoms. The Morgan fingerprint density at radius 2 is 2.05 bits per heavy atom. The Labute approximate surface area is 114 Å². The van der Waals surface area contributed by atoms with Gasteiger partial charge < -0.3 is 10.6 Å². The van der Waals surface area contributed by atoms with Crippen LogP contribution >= 0.6 is 0 Å². The average molecular weight is 253 g/mol. The van der Waals surface area contributed by atoms with E-state index >= 15 is 0 Å². The molecule has 1 unspecified atom stereocenters. The van der Waals surface area contributed by atoms with Crippen molar-refractivity contribution in [1.82, 2.24) is 4.98 Å². The molecule has 1 aromatic heterocycles. The number of pyridine rings is 1. The molecule has 0 aliphatic carbocycles. The van der Waals surface area contributed by atoms with Crippen LogP contribution in [0.2, 0.25) is 0 Å². The standard InChI is InChI=1S/C16H19N3/c1-12-9-16(18-10-15(12)17)19-8-7-14(11-19)13-5-3-2-4-6-13/h2-6,9-10,14H,7-8,11,17H2,1H3. The normalized spacial score (nSPS) is 18.8. The lowest BCUT2D eigenvalue weighted by Crippen LogP contribution is -2.20. The topological polar surface area (TPSA) is 42.2 Å². The van der Waals surface area contributed by atoms with Crippen molar-refractivity contribution in [1.29, 1.82) is 0 Å². The number of rotatable bonds is 2. The first-order valence-corrected chi connectivity index (χ1v) is 6.76. The second kappa shape index (κ2) is 4.92. The summed E-state index contributed by atoms with van der Waals surface area (Å²) in [6.07, 6.45) is 2.95. The Kier molecular flexibility index (Phi) is 3.11. The zero-order chi connectivity index (χ0) is 13.2. The average Bonchev–Trinajstić information content (AvgIpc) is 2.93. The van der Waals surface area contributed by atoms with Crippen LogP contribution in [0.25, 0.3) is 0 Å². The van der Waals surface area contributed by atoms with Crippen molar-refractivity contribution in [2.24, 2.45) is 0 Å². The minimum absolute atomic E-state index is 0.612. The van der Waals surface area contributed by atoms with E-state index in [9.17, 15) is 0 Å². The van der Waals surface area contributed by atoms with Gasteiger partial charge in [0.2, 0.25) is 0 Å². The van der Waals surface area contributed by atoms with Crippen LogP contribution in [0.5, 0.6) is 0 Å². The van der Waals surface area contributed by atoms with Crippen LogP contribution in [0, 0.1) is 6.92 Å². The zero-order valence-corrected chi connectivity index (χ0v) is 11.2. The quantitative estimate of drug-likeness (QED) is 0.894. The van der Waals surface area contributed by atoms with Gasteiger partial charge in [0.15, 0.2) is 0 Å². The molecule has 1 aliphatic heterocycles. The molecule has 3 nitrogen and oxygen atoms in total. The summed E-state index contributed by atoms with van der Waals surface area (Å²) in [5.41, 5.74) is 9.12. The summed E-state index contributed by atoms with van der Waals surface area (Å²) in [7, 11) is 0. The van der Waals surface area contributed by atoms with Gasteiger partial charge in [-0.2, -0.15) is 0 Å². The number of anilines is 2. The van der Waals surface area contributed by atoms with Crippen LogP contribution in [0.3, 0.4) is 0 Å². The largest absolute Gasteiger partial charge is 0.397 e. The van der Waals surface area contributed by atoms with Crippen molar-refractivity contribution < 1.29 is 0 Å². The van der Waals surface area contributed by atoms with E-state index in [0.29, 0.717) is 5.92 Å². The molecular formula is C16H19N3. The van der Waals surface area contributed by atoms with Gasteiger partial charge in [-0.25, -0.2) is 4.98 Å². The van der Waals surface area contributed by atoms with Crippen LogP contribution in [0.1, 0.15) is 23.5 Å². The lowest BCUT2D eigenvalue weighted by atomic mass is 9.99. The van der Waals surface area contributed by atoms with Crippen molar-refractivity contribution in [3.05, 3.63) is 53.7 Å². The van der Waals surface area contributed by atoms with Gasteiger partial charge in [-0.05, 0) is 30.5 Å². The zero-order valence-electron chi connectivity index (χ0n) is 11.2. The lowest BCUT2D eigenvalue weighted by molar-refractivity contribution is 0.774. The van der Waals surface area contributed by atoms with E-state index in [1.807, 2.05) is 6.92 Å². The maximum absolute atomic E-state index is 5.82. The minimum atomic E-state index is 0.612. The van der Waals surface area contributed by atoms with Crippen LogP contribution < -0.4 is 10.6 Å². The van der Waals surface area contributed by atoms with Gasteiger partial charge in [-0.3, -0.25) is 0 Å². The number of benzene rings is 1. The fraction of sp³-hybridized carbons (Fsp3) is 0.312. The molecule has 2 aromatic rings. The lowest BCUT2D eigenvalue weighted by Gasteiger charge is -2.18. The van der Waals surface area contributed by atoms with Gasteiger partial charge in [-0.15, -0.1) is 0 Å². The van der Waals surface area contributed by atoms with E-state index in [1.165, 1.54) is 12.0 Å². The molecule has 19 heavy (non-hydrogen) atoms. The number of hydrogen-bond acceptors (Lipinski definition) is 3.